The van der Waals surface area contributed by atoms with Crippen molar-refractivity contribution in [3.05, 3.63) is 54.3 Å². The third-order valence-corrected chi connectivity index (χ3v) is 1.71. The van der Waals surface area contributed by atoms with Crippen LogP contribution in [0, 0.1) is 0 Å². The van der Waals surface area contributed by atoms with E-state index in [1.54, 1.807) is 30.3 Å². The molecule has 0 radical (unpaired) electrons. The molecule has 1 aromatic rings. The summed E-state index contributed by atoms with van der Waals surface area (Å²) in [5, 5.41) is 7.99. The monoisotopic (exact) mass is 190 g/mol. The Labute approximate surface area is 81.9 Å². The van der Waals surface area contributed by atoms with E-state index < -0.39 is 0 Å². The topological polar surface area (TPSA) is 46.5 Å². The molecule has 14 heavy (non-hydrogen) atoms. The number of benzene rings is 1. The molecule has 0 bridgehead atoms. The SMILES string of the molecule is C=Cc1ccc(C(=O)/C=C/OO)cc1. The van der Waals surface area contributed by atoms with Crippen molar-refractivity contribution in [1.82, 2.24) is 0 Å². The lowest BCUT2D eigenvalue weighted by atomic mass is 10.1. The van der Waals surface area contributed by atoms with E-state index in [-0.39, 0.29) is 5.78 Å². The lowest BCUT2D eigenvalue weighted by Gasteiger charge is -1.96. The van der Waals surface area contributed by atoms with E-state index in [9.17, 15) is 4.79 Å². The highest BCUT2D eigenvalue weighted by Crippen LogP contribution is 2.06. The summed E-state index contributed by atoms with van der Waals surface area (Å²) in [4.78, 5) is 15.0. The maximum atomic E-state index is 11.3. The third-order valence-electron chi connectivity index (χ3n) is 1.71. The zero-order chi connectivity index (χ0) is 10.4. The zero-order valence-corrected chi connectivity index (χ0v) is 7.51. The maximum Gasteiger partial charge on any atom is 0.189 e. The van der Waals surface area contributed by atoms with Gasteiger partial charge in [-0.3, -0.25) is 4.79 Å². The second kappa shape index (κ2) is 4.99. The summed E-state index contributed by atoms with van der Waals surface area (Å²) in [6.45, 7) is 3.60. The highest BCUT2D eigenvalue weighted by molar-refractivity contribution is 6.04. The first-order valence-electron chi connectivity index (χ1n) is 4.01. The fourth-order valence-corrected chi connectivity index (χ4v) is 0.972. The van der Waals surface area contributed by atoms with Gasteiger partial charge in [0.2, 0.25) is 0 Å². The molecule has 0 saturated heterocycles. The van der Waals surface area contributed by atoms with Gasteiger partial charge < -0.3 is 4.89 Å². The summed E-state index contributed by atoms with van der Waals surface area (Å²) in [6.07, 6.45) is 3.76. The predicted molar refractivity (Wildman–Crippen MR) is 53.7 cm³/mol. The number of rotatable bonds is 4. The fraction of sp³-hybridized carbons (Fsp3) is 0. The highest BCUT2D eigenvalue weighted by atomic mass is 17.1. The molecule has 0 spiro atoms. The van der Waals surface area contributed by atoms with Crippen molar-refractivity contribution in [3.8, 4) is 0 Å². The summed E-state index contributed by atoms with van der Waals surface area (Å²) < 4.78 is 0. The van der Waals surface area contributed by atoms with Gasteiger partial charge in [-0.05, 0) is 5.56 Å². The molecule has 0 amide bonds. The van der Waals surface area contributed by atoms with Crippen LogP contribution in [0.25, 0.3) is 6.08 Å². The first kappa shape index (κ1) is 10.2. The Kier molecular flexibility index (Phi) is 3.64. The molecule has 0 aliphatic rings. The Balaban J connectivity index is 2.81. The second-order valence-corrected chi connectivity index (χ2v) is 2.60. The molecule has 72 valence electrons. The Morgan fingerprint density at radius 2 is 2.00 bits per heavy atom. The molecule has 1 rings (SSSR count). The Hall–Kier alpha value is -1.87. The molecule has 0 saturated carbocycles. The van der Waals surface area contributed by atoms with Gasteiger partial charge in [-0.2, -0.15) is 0 Å². The summed E-state index contributed by atoms with van der Waals surface area (Å²) in [5.41, 5.74) is 1.48. The van der Waals surface area contributed by atoms with Crippen molar-refractivity contribution in [3.63, 3.8) is 0 Å². The maximum absolute atomic E-state index is 11.3. The molecular weight excluding hydrogens is 180 g/mol. The van der Waals surface area contributed by atoms with E-state index >= 15 is 0 Å². The van der Waals surface area contributed by atoms with Crippen LogP contribution in [-0.4, -0.2) is 11.0 Å². The van der Waals surface area contributed by atoms with Gasteiger partial charge in [-0.25, -0.2) is 5.26 Å². The normalized spacial score (nSPS) is 10.1. The fourth-order valence-electron chi connectivity index (χ4n) is 0.972. The van der Waals surface area contributed by atoms with E-state index in [2.05, 4.69) is 11.5 Å². The van der Waals surface area contributed by atoms with Crippen LogP contribution >= 0.6 is 0 Å². The Morgan fingerprint density at radius 1 is 1.36 bits per heavy atom. The molecule has 0 atom stereocenters. The van der Waals surface area contributed by atoms with E-state index in [0.29, 0.717) is 5.56 Å². The number of ketones is 1. The average Bonchev–Trinajstić information content (AvgIpc) is 2.26. The zero-order valence-electron chi connectivity index (χ0n) is 7.51. The molecule has 1 N–H and O–H groups in total. The molecular formula is C11H10O3. The standard InChI is InChI=1S/C11H10O3/c1-2-9-3-5-10(6-4-9)11(12)7-8-14-13/h2-8,13H,1H2/b8-7+. The van der Waals surface area contributed by atoms with Crippen molar-refractivity contribution >= 4 is 11.9 Å². The second-order valence-electron chi connectivity index (χ2n) is 2.60. The van der Waals surface area contributed by atoms with E-state index in [1.165, 1.54) is 0 Å². The molecule has 0 heterocycles. The highest BCUT2D eigenvalue weighted by Gasteiger charge is 2.00. The summed E-state index contributed by atoms with van der Waals surface area (Å²) in [6, 6.07) is 6.93. The van der Waals surface area contributed by atoms with Crippen LogP contribution in [0.1, 0.15) is 15.9 Å². The number of carbonyl (C=O) groups is 1. The Bertz CT molecular complexity index is 349. The number of hydrogen-bond donors (Lipinski definition) is 1. The third kappa shape index (κ3) is 2.57. The van der Waals surface area contributed by atoms with Crippen LogP contribution in [-0.2, 0) is 4.89 Å². The number of carbonyl (C=O) groups excluding carboxylic acids is 1. The quantitative estimate of drug-likeness (QED) is 0.261. The van der Waals surface area contributed by atoms with Crippen LogP contribution in [0.5, 0.6) is 0 Å². The molecule has 1 aromatic carbocycles. The molecule has 0 unspecified atom stereocenters. The van der Waals surface area contributed by atoms with Crippen LogP contribution in [0.4, 0.5) is 0 Å². The van der Waals surface area contributed by atoms with Gasteiger partial charge in [0.1, 0.15) is 6.26 Å². The summed E-state index contributed by atoms with van der Waals surface area (Å²) in [7, 11) is 0. The molecule has 0 aliphatic heterocycles. The number of hydrogen-bond acceptors (Lipinski definition) is 3. The van der Waals surface area contributed by atoms with Crippen molar-refractivity contribution < 1.29 is 14.9 Å². The van der Waals surface area contributed by atoms with Crippen molar-refractivity contribution in [1.29, 1.82) is 0 Å². The lowest BCUT2D eigenvalue weighted by molar-refractivity contribution is -0.186. The lowest BCUT2D eigenvalue weighted by Crippen LogP contribution is -1.93. The van der Waals surface area contributed by atoms with Crippen LogP contribution in [0.15, 0.2) is 43.2 Å². The minimum absolute atomic E-state index is 0.227. The smallest absolute Gasteiger partial charge is 0.189 e. The predicted octanol–water partition coefficient (Wildman–Crippen LogP) is 2.52. The minimum Gasteiger partial charge on any atom is -0.348 e. The Morgan fingerprint density at radius 3 is 2.50 bits per heavy atom. The largest absolute Gasteiger partial charge is 0.348 e. The van der Waals surface area contributed by atoms with Gasteiger partial charge in [0.25, 0.3) is 0 Å². The first-order valence-corrected chi connectivity index (χ1v) is 4.01. The van der Waals surface area contributed by atoms with Crippen molar-refractivity contribution in [2.75, 3.05) is 0 Å². The van der Waals surface area contributed by atoms with Gasteiger partial charge in [0, 0.05) is 11.6 Å². The van der Waals surface area contributed by atoms with Gasteiger partial charge in [-0.1, -0.05) is 36.9 Å². The van der Waals surface area contributed by atoms with Gasteiger partial charge >= 0.3 is 0 Å². The van der Waals surface area contributed by atoms with E-state index in [4.69, 9.17) is 5.26 Å². The van der Waals surface area contributed by atoms with Gasteiger partial charge in [-0.15, -0.1) is 0 Å². The number of allylic oxidation sites excluding steroid dienone is 1. The molecule has 0 fully saturated rings. The van der Waals surface area contributed by atoms with Crippen molar-refractivity contribution in [2.45, 2.75) is 0 Å². The summed E-state index contributed by atoms with van der Waals surface area (Å²) in [5.74, 6) is -0.227. The van der Waals surface area contributed by atoms with E-state index in [1.807, 2.05) is 0 Å². The summed E-state index contributed by atoms with van der Waals surface area (Å²) >= 11 is 0. The average molecular weight is 190 g/mol. The minimum atomic E-state index is -0.227. The van der Waals surface area contributed by atoms with Gasteiger partial charge in [0.05, 0.1) is 0 Å². The first-order chi connectivity index (χ1) is 6.77. The molecule has 0 aromatic heterocycles. The molecule has 3 heteroatoms. The van der Waals surface area contributed by atoms with Crippen LogP contribution < -0.4 is 0 Å². The van der Waals surface area contributed by atoms with Crippen LogP contribution in [0.2, 0.25) is 0 Å². The van der Waals surface area contributed by atoms with Crippen molar-refractivity contribution in [2.24, 2.45) is 0 Å². The van der Waals surface area contributed by atoms with E-state index in [0.717, 1.165) is 17.9 Å². The molecule has 0 aliphatic carbocycles. The molecule has 3 nitrogen and oxygen atoms in total. The van der Waals surface area contributed by atoms with Crippen LogP contribution in [0.3, 0.4) is 0 Å². The van der Waals surface area contributed by atoms with Gasteiger partial charge in [0.15, 0.2) is 5.78 Å².